The van der Waals surface area contributed by atoms with Gasteiger partial charge in [0.25, 0.3) is 11.5 Å². The summed E-state index contributed by atoms with van der Waals surface area (Å²) in [7, 11) is 3.05. The zero-order valence-electron chi connectivity index (χ0n) is 15.8. The molecule has 0 bridgehead atoms. The highest BCUT2D eigenvalue weighted by Crippen LogP contribution is 2.31. The van der Waals surface area contributed by atoms with E-state index in [1.807, 2.05) is 4.90 Å². The Labute approximate surface area is 161 Å². The first-order valence-corrected chi connectivity index (χ1v) is 9.26. The maximum atomic E-state index is 13.0. The monoisotopic (exact) mass is 379 g/mol. The average molecular weight is 379 g/mol. The summed E-state index contributed by atoms with van der Waals surface area (Å²) in [4.78, 5) is 48.1. The average Bonchev–Trinajstić information content (AvgIpc) is 2.76. The number of amides is 1. The highest BCUT2D eigenvalue weighted by molar-refractivity contribution is 5.94. The van der Waals surface area contributed by atoms with Crippen LogP contribution in [-0.4, -0.2) is 36.5 Å². The van der Waals surface area contributed by atoms with E-state index in [0.717, 1.165) is 23.8 Å². The molecule has 0 spiro atoms. The standard InChI is InChI=1S/C20H21N5O3/c1-23-17-14(19(27)24(2)20(23)28)8-9-15(22-17)16-7-3-4-11-25(16)18(26)13-6-5-10-21-12-13/h5-6,8-10,12,16H,3-4,7,11H2,1-2H3. The number of piperidine rings is 1. The van der Waals surface area contributed by atoms with Crippen molar-refractivity contribution in [3.63, 3.8) is 0 Å². The molecule has 4 heterocycles. The molecule has 144 valence electrons. The Morgan fingerprint density at radius 1 is 1.11 bits per heavy atom. The van der Waals surface area contributed by atoms with Gasteiger partial charge in [0.15, 0.2) is 0 Å². The molecule has 0 radical (unpaired) electrons. The topological polar surface area (TPSA) is 90.1 Å². The van der Waals surface area contributed by atoms with E-state index in [-0.39, 0.29) is 17.5 Å². The molecule has 0 aromatic carbocycles. The number of fused-ring (bicyclic) bond motifs is 1. The fraction of sp³-hybridized carbons (Fsp3) is 0.350. The van der Waals surface area contributed by atoms with Gasteiger partial charge in [-0.2, -0.15) is 0 Å². The summed E-state index contributed by atoms with van der Waals surface area (Å²) < 4.78 is 2.44. The molecule has 1 amide bonds. The van der Waals surface area contributed by atoms with Gasteiger partial charge in [0.2, 0.25) is 0 Å². The van der Waals surface area contributed by atoms with E-state index in [4.69, 9.17) is 0 Å². The molecule has 1 atom stereocenters. The van der Waals surface area contributed by atoms with Crippen molar-refractivity contribution in [2.75, 3.05) is 6.54 Å². The van der Waals surface area contributed by atoms with Crippen molar-refractivity contribution >= 4 is 16.9 Å². The van der Waals surface area contributed by atoms with Gasteiger partial charge in [-0.1, -0.05) is 0 Å². The molecule has 3 aromatic heterocycles. The molecule has 1 aliphatic rings. The number of carbonyl (C=O) groups excluding carboxylic acids is 1. The maximum absolute atomic E-state index is 13.0. The Hall–Kier alpha value is -3.29. The SMILES string of the molecule is Cn1c(=O)c2ccc(C3CCCCN3C(=O)c3cccnc3)nc2n(C)c1=O. The Morgan fingerprint density at radius 2 is 1.93 bits per heavy atom. The number of aryl methyl sites for hydroxylation is 1. The minimum Gasteiger partial charge on any atom is -0.330 e. The lowest BCUT2D eigenvalue weighted by Gasteiger charge is -2.35. The first kappa shape index (κ1) is 18.1. The molecule has 0 N–H and O–H groups in total. The maximum Gasteiger partial charge on any atom is 0.332 e. The number of carbonyl (C=O) groups is 1. The minimum atomic E-state index is -0.422. The third-order valence-electron chi connectivity index (χ3n) is 5.34. The molecule has 1 fully saturated rings. The zero-order chi connectivity index (χ0) is 19.8. The molecule has 0 saturated carbocycles. The van der Waals surface area contributed by atoms with Crippen LogP contribution in [0.4, 0.5) is 0 Å². The van der Waals surface area contributed by atoms with Crippen LogP contribution in [0.1, 0.15) is 41.4 Å². The lowest BCUT2D eigenvalue weighted by atomic mass is 9.97. The smallest absolute Gasteiger partial charge is 0.330 e. The molecular formula is C20H21N5O3. The van der Waals surface area contributed by atoms with Crippen molar-refractivity contribution in [1.82, 2.24) is 24.0 Å². The highest BCUT2D eigenvalue weighted by Gasteiger charge is 2.30. The van der Waals surface area contributed by atoms with Crippen molar-refractivity contribution in [3.8, 4) is 0 Å². The van der Waals surface area contributed by atoms with Gasteiger partial charge >= 0.3 is 5.69 Å². The van der Waals surface area contributed by atoms with Gasteiger partial charge < -0.3 is 4.90 Å². The van der Waals surface area contributed by atoms with Crippen LogP contribution in [0.15, 0.2) is 46.2 Å². The third kappa shape index (κ3) is 2.90. The van der Waals surface area contributed by atoms with E-state index >= 15 is 0 Å². The van der Waals surface area contributed by atoms with Crippen molar-refractivity contribution in [3.05, 3.63) is 68.8 Å². The van der Waals surface area contributed by atoms with Crippen molar-refractivity contribution < 1.29 is 4.79 Å². The summed E-state index contributed by atoms with van der Waals surface area (Å²) >= 11 is 0. The Kier molecular flexibility index (Phi) is 4.54. The van der Waals surface area contributed by atoms with E-state index < -0.39 is 5.69 Å². The predicted molar refractivity (Wildman–Crippen MR) is 104 cm³/mol. The van der Waals surface area contributed by atoms with Crippen LogP contribution in [-0.2, 0) is 14.1 Å². The second-order valence-electron chi connectivity index (χ2n) is 7.06. The highest BCUT2D eigenvalue weighted by atomic mass is 16.2. The van der Waals surface area contributed by atoms with Gasteiger partial charge in [0.1, 0.15) is 5.65 Å². The molecule has 8 heteroatoms. The first-order valence-electron chi connectivity index (χ1n) is 9.26. The van der Waals surface area contributed by atoms with Gasteiger partial charge in [0.05, 0.1) is 22.7 Å². The summed E-state index contributed by atoms with van der Waals surface area (Å²) in [6.07, 6.45) is 5.89. The van der Waals surface area contributed by atoms with Gasteiger partial charge in [-0.3, -0.25) is 23.7 Å². The van der Waals surface area contributed by atoms with E-state index in [0.29, 0.717) is 28.8 Å². The fourth-order valence-corrected chi connectivity index (χ4v) is 3.79. The van der Waals surface area contributed by atoms with Gasteiger partial charge in [-0.05, 0) is 43.5 Å². The minimum absolute atomic E-state index is 0.0856. The van der Waals surface area contributed by atoms with Crippen LogP contribution in [0.25, 0.3) is 11.0 Å². The number of aromatic nitrogens is 4. The Bertz CT molecular complexity index is 1170. The molecule has 1 unspecified atom stereocenters. The number of hydrogen-bond donors (Lipinski definition) is 0. The van der Waals surface area contributed by atoms with Crippen molar-refractivity contribution in [1.29, 1.82) is 0 Å². The van der Waals surface area contributed by atoms with E-state index in [9.17, 15) is 14.4 Å². The zero-order valence-corrected chi connectivity index (χ0v) is 15.8. The van der Waals surface area contributed by atoms with E-state index in [1.54, 1.807) is 43.7 Å². The van der Waals surface area contributed by atoms with Crippen LogP contribution in [0, 0.1) is 0 Å². The summed E-state index contributed by atoms with van der Waals surface area (Å²) in [6, 6.07) is 6.77. The molecule has 1 saturated heterocycles. The van der Waals surface area contributed by atoms with Crippen LogP contribution in [0.3, 0.4) is 0 Å². The van der Waals surface area contributed by atoms with Crippen LogP contribution >= 0.6 is 0 Å². The number of pyridine rings is 2. The van der Waals surface area contributed by atoms with Crippen LogP contribution in [0.2, 0.25) is 0 Å². The summed E-state index contributed by atoms with van der Waals surface area (Å²) in [5, 5.41) is 0.384. The Morgan fingerprint density at radius 3 is 2.68 bits per heavy atom. The largest absolute Gasteiger partial charge is 0.332 e. The Balaban J connectivity index is 1.80. The molecule has 3 aromatic rings. The second kappa shape index (κ2) is 7.03. The predicted octanol–water partition coefficient (Wildman–Crippen LogP) is 1.39. The summed E-state index contributed by atoms with van der Waals surface area (Å²) in [5.74, 6) is -0.0856. The van der Waals surface area contributed by atoms with Crippen LogP contribution < -0.4 is 11.2 Å². The van der Waals surface area contributed by atoms with Gasteiger partial charge in [-0.25, -0.2) is 9.78 Å². The third-order valence-corrected chi connectivity index (χ3v) is 5.34. The number of rotatable bonds is 2. The number of likely N-dealkylation sites (tertiary alicyclic amines) is 1. The summed E-state index contributed by atoms with van der Waals surface area (Å²) in [5.41, 5.74) is 0.771. The molecule has 4 rings (SSSR count). The number of nitrogens with zero attached hydrogens (tertiary/aromatic N) is 5. The van der Waals surface area contributed by atoms with Gasteiger partial charge in [0, 0.05) is 33.0 Å². The second-order valence-corrected chi connectivity index (χ2v) is 7.06. The molecule has 0 aliphatic carbocycles. The normalized spacial score (nSPS) is 17.1. The molecule has 28 heavy (non-hydrogen) atoms. The summed E-state index contributed by atoms with van der Waals surface area (Å²) in [6.45, 7) is 0.633. The van der Waals surface area contributed by atoms with Crippen molar-refractivity contribution in [2.45, 2.75) is 25.3 Å². The van der Waals surface area contributed by atoms with Gasteiger partial charge in [-0.15, -0.1) is 0 Å². The van der Waals surface area contributed by atoms with E-state index in [2.05, 4.69) is 9.97 Å². The fourth-order valence-electron chi connectivity index (χ4n) is 3.79. The molecule has 8 nitrogen and oxygen atoms in total. The number of hydrogen-bond acceptors (Lipinski definition) is 5. The quantitative estimate of drug-likeness (QED) is 0.671. The first-order chi connectivity index (χ1) is 13.5. The van der Waals surface area contributed by atoms with E-state index in [1.165, 1.54) is 11.6 Å². The lowest BCUT2D eigenvalue weighted by molar-refractivity contribution is 0.0606. The lowest BCUT2D eigenvalue weighted by Crippen LogP contribution is -2.40. The van der Waals surface area contributed by atoms with Crippen molar-refractivity contribution in [2.24, 2.45) is 14.1 Å². The molecular weight excluding hydrogens is 358 g/mol. The van der Waals surface area contributed by atoms with Crippen LogP contribution in [0.5, 0.6) is 0 Å². The molecule has 1 aliphatic heterocycles.